The summed E-state index contributed by atoms with van der Waals surface area (Å²) in [6, 6.07) is 58.6. The van der Waals surface area contributed by atoms with E-state index in [9.17, 15) is 0 Å². The van der Waals surface area contributed by atoms with E-state index in [-0.39, 0.29) is 0 Å². The topological polar surface area (TPSA) is 9.86 Å². The molecule has 10 aromatic rings. The Hall–Kier alpha value is -6.12. The van der Waals surface area contributed by atoms with Gasteiger partial charge in [-0.1, -0.05) is 121 Å². The minimum Gasteiger partial charge on any atom is -0.311 e. The van der Waals surface area contributed by atoms with Crippen LogP contribution in [0.15, 0.2) is 158 Å². The van der Waals surface area contributed by atoms with Crippen molar-refractivity contribution in [2.75, 3.05) is 0 Å². The Morgan fingerprint density at radius 3 is 1.60 bits per heavy atom. The maximum Gasteiger partial charge on any atom is 0.0788 e. The van der Waals surface area contributed by atoms with Crippen LogP contribution in [-0.4, -0.2) is 9.13 Å². The Bertz CT molecular complexity index is 2920. The maximum absolute atomic E-state index is 2.58. The summed E-state index contributed by atoms with van der Waals surface area (Å²) in [5, 5.41) is 11.8. The van der Waals surface area contributed by atoms with Crippen LogP contribution in [0.2, 0.25) is 0 Å². The van der Waals surface area contributed by atoms with E-state index in [0.29, 0.717) is 0 Å². The quantitative estimate of drug-likeness (QED) is 0.170. The molecule has 0 bridgehead atoms. The van der Waals surface area contributed by atoms with Crippen LogP contribution < -0.4 is 0 Å². The van der Waals surface area contributed by atoms with Gasteiger partial charge in [-0.25, -0.2) is 0 Å². The highest BCUT2D eigenvalue weighted by Gasteiger charge is 2.25. The van der Waals surface area contributed by atoms with Gasteiger partial charge in [0.2, 0.25) is 0 Å². The summed E-state index contributed by atoms with van der Waals surface area (Å²) in [4.78, 5) is 0. The van der Waals surface area contributed by atoms with Gasteiger partial charge in [-0.2, -0.15) is 0 Å². The molecule has 2 heterocycles. The molecule has 0 unspecified atom stereocenters. The number of para-hydroxylation sites is 2. The van der Waals surface area contributed by atoms with Crippen molar-refractivity contribution in [3.8, 4) is 22.5 Å². The molecule has 2 heteroatoms. The molecule has 0 N–H and O–H groups in total. The van der Waals surface area contributed by atoms with Gasteiger partial charge in [0.1, 0.15) is 0 Å². The lowest BCUT2D eigenvalue weighted by Gasteiger charge is -2.17. The molecule has 0 atom stereocenters. The summed E-state index contributed by atoms with van der Waals surface area (Å²) >= 11 is 0. The lowest BCUT2D eigenvalue weighted by Crippen LogP contribution is -2.07. The zero-order chi connectivity index (χ0) is 32.8. The average molecular weight is 639 g/mol. The molecule has 11 rings (SSSR count). The molecule has 1 aliphatic carbocycles. The average Bonchev–Trinajstić information content (AvgIpc) is 3.71. The standard InChI is InChI=1S/C48H34N2/c1-2-12-33(13-3-1)49-45-20-10-8-18-40(45)42-28-29-43-41-19-9-11-21-46(41)50(48(43)47(42)49)34-25-22-31(23-26-34)32-24-27-39-37-16-5-4-14-35(37)36-15-6-7-17-38(36)44(39)30-32/h1-7,9,11-17,19,21-30H,8,10,18,20H2. The molecule has 2 aromatic heterocycles. The fraction of sp³-hybridized carbons (Fsp3) is 0.0833. The third-order valence-corrected chi connectivity index (χ3v) is 11.3. The van der Waals surface area contributed by atoms with Crippen molar-refractivity contribution in [1.82, 2.24) is 9.13 Å². The first kappa shape index (κ1) is 27.8. The first-order valence-corrected chi connectivity index (χ1v) is 17.9. The first-order valence-electron chi connectivity index (χ1n) is 17.9. The number of fused-ring (bicyclic) bond motifs is 13. The van der Waals surface area contributed by atoms with Crippen molar-refractivity contribution in [2.45, 2.75) is 25.7 Å². The first-order chi connectivity index (χ1) is 24.8. The number of benzene rings is 8. The normalized spacial score (nSPS) is 13.3. The molecule has 0 radical (unpaired) electrons. The third-order valence-electron chi connectivity index (χ3n) is 11.3. The second-order valence-corrected chi connectivity index (χ2v) is 13.9. The minimum atomic E-state index is 1.12. The molecule has 0 spiro atoms. The molecular weight excluding hydrogens is 605 g/mol. The number of rotatable bonds is 3. The number of hydrogen-bond donors (Lipinski definition) is 0. The van der Waals surface area contributed by atoms with Gasteiger partial charge in [-0.15, -0.1) is 0 Å². The second kappa shape index (κ2) is 10.7. The zero-order valence-corrected chi connectivity index (χ0v) is 27.7. The van der Waals surface area contributed by atoms with Gasteiger partial charge in [0.05, 0.1) is 16.6 Å². The van der Waals surface area contributed by atoms with E-state index in [2.05, 4.69) is 167 Å². The van der Waals surface area contributed by atoms with E-state index < -0.39 is 0 Å². The molecule has 0 saturated carbocycles. The summed E-state index contributed by atoms with van der Waals surface area (Å²) in [7, 11) is 0. The Labute approximate surface area is 290 Å². The van der Waals surface area contributed by atoms with Crippen LogP contribution in [0.5, 0.6) is 0 Å². The van der Waals surface area contributed by atoms with Crippen molar-refractivity contribution in [2.24, 2.45) is 0 Å². The monoisotopic (exact) mass is 638 g/mol. The van der Waals surface area contributed by atoms with Gasteiger partial charge in [-0.3, -0.25) is 0 Å². The van der Waals surface area contributed by atoms with E-state index in [1.165, 1.54) is 112 Å². The fourth-order valence-corrected chi connectivity index (χ4v) is 9.09. The van der Waals surface area contributed by atoms with Crippen LogP contribution in [-0.2, 0) is 12.8 Å². The van der Waals surface area contributed by atoms with Gasteiger partial charge in [-0.05, 0) is 111 Å². The molecule has 236 valence electrons. The van der Waals surface area contributed by atoms with Crippen LogP contribution in [0, 0.1) is 0 Å². The predicted molar refractivity (Wildman–Crippen MR) is 212 cm³/mol. The summed E-state index contributed by atoms with van der Waals surface area (Å²) in [6.07, 6.45) is 4.75. The van der Waals surface area contributed by atoms with Gasteiger partial charge < -0.3 is 9.13 Å². The maximum atomic E-state index is 2.58. The molecule has 0 fully saturated rings. The van der Waals surface area contributed by atoms with Crippen LogP contribution in [0.4, 0.5) is 0 Å². The summed E-state index contributed by atoms with van der Waals surface area (Å²) in [6.45, 7) is 0. The SMILES string of the molecule is c1ccc(-n2c3c(c4ccc5c6ccccc6n(-c6ccc(-c7ccc8c9ccccc9c9ccccc9c8c7)cc6)c5c42)CCCC3)cc1. The lowest BCUT2D eigenvalue weighted by atomic mass is 9.92. The summed E-state index contributed by atoms with van der Waals surface area (Å²) < 4.78 is 5.10. The van der Waals surface area contributed by atoms with Crippen LogP contribution in [0.1, 0.15) is 24.1 Å². The van der Waals surface area contributed by atoms with E-state index in [4.69, 9.17) is 0 Å². The Kier molecular flexibility index (Phi) is 5.94. The highest BCUT2D eigenvalue weighted by atomic mass is 15.1. The fourth-order valence-electron chi connectivity index (χ4n) is 9.09. The Morgan fingerprint density at radius 1 is 0.340 bits per heavy atom. The van der Waals surface area contributed by atoms with Crippen LogP contribution >= 0.6 is 0 Å². The van der Waals surface area contributed by atoms with Crippen molar-refractivity contribution in [3.05, 3.63) is 169 Å². The minimum absolute atomic E-state index is 1.12. The van der Waals surface area contributed by atoms with Gasteiger partial charge >= 0.3 is 0 Å². The largest absolute Gasteiger partial charge is 0.311 e. The molecule has 0 amide bonds. The summed E-state index contributed by atoms with van der Waals surface area (Å²) in [5.74, 6) is 0. The highest BCUT2D eigenvalue weighted by molar-refractivity contribution is 6.26. The van der Waals surface area contributed by atoms with Crippen molar-refractivity contribution in [3.63, 3.8) is 0 Å². The zero-order valence-electron chi connectivity index (χ0n) is 27.7. The van der Waals surface area contributed by atoms with E-state index in [1.807, 2.05) is 0 Å². The molecular formula is C48H34N2. The Morgan fingerprint density at radius 2 is 0.860 bits per heavy atom. The van der Waals surface area contributed by atoms with Crippen LogP contribution in [0.25, 0.3) is 87.5 Å². The van der Waals surface area contributed by atoms with Gasteiger partial charge in [0.15, 0.2) is 0 Å². The third kappa shape index (κ3) is 3.90. The van der Waals surface area contributed by atoms with E-state index in [1.54, 1.807) is 0 Å². The van der Waals surface area contributed by atoms with E-state index in [0.717, 1.165) is 12.8 Å². The number of nitrogens with zero attached hydrogens (tertiary/aromatic N) is 2. The number of aryl methyl sites for hydroxylation is 1. The summed E-state index contributed by atoms with van der Waals surface area (Å²) in [5.41, 5.74) is 11.8. The van der Waals surface area contributed by atoms with Crippen molar-refractivity contribution in [1.29, 1.82) is 0 Å². The molecule has 0 saturated heterocycles. The second-order valence-electron chi connectivity index (χ2n) is 13.9. The molecule has 2 nitrogen and oxygen atoms in total. The predicted octanol–water partition coefficient (Wildman–Crippen LogP) is 12.7. The lowest BCUT2D eigenvalue weighted by molar-refractivity contribution is 0.667. The number of aromatic nitrogens is 2. The van der Waals surface area contributed by atoms with E-state index >= 15 is 0 Å². The van der Waals surface area contributed by atoms with Crippen LogP contribution in [0.3, 0.4) is 0 Å². The Balaban J connectivity index is 1.14. The highest BCUT2D eigenvalue weighted by Crippen LogP contribution is 2.43. The molecule has 8 aromatic carbocycles. The van der Waals surface area contributed by atoms with Crippen molar-refractivity contribution < 1.29 is 0 Å². The van der Waals surface area contributed by atoms with Gasteiger partial charge in [0, 0.05) is 33.2 Å². The van der Waals surface area contributed by atoms with Gasteiger partial charge in [0.25, 0.3) is 0 Å². The molecule has 0 aliphatic heterocycles. The smallest absolute Gasteiger partial charge is 0.0788 e. The number of hydrogen-bond acceptors (Lipinski definition) is 0. The van der Waals surface area contributed by atoms with Crippen molar-refractivity contribution >= 4 is 65.0 Å². The molecule has 1 aliphatic rings. The molecule has 50 heavy (non-hydrogen) atoms.